The Balaban J connectivity index is 1.34. The predicted molar refractivity (Wildman–Crippen MR) is 101 cm³/mol. The molecule has 0 spiro atoms. The Kier molecular flexibility index (Phi) is 5.09. The number of fused-ring (bicyclic) bond motifs is 1. The normalized spacial score (nSPS) is 12.5. The number of aryl methyl sites for hydroxylation is 1. The highest BCUT2D eigenvalue weighted by atomic mass is 16.6. The van der Waals surface area contributed by atoms with Gasteiger partial charge in [-0.2, -0.15) is 0 Å². The Morgan fingerprint density at radius 2 is 1.96 bits per heavy atom. The first kappa shape index (κ1) is 17.8. The maximum absolute atomic E-state index is 12.2. The van der Waals surface area contributed by atoms with Crippen LogP contribution in [0.25, 0.3) is 11.5 Å². The molecular formula is C20H19N3O5. The summed E-state index contributed by atoms with van der Waals surface area (Å²) >= 11 is 0. The third-order valence-corrected chi connectivity index (χ3v) is 4.18. The summed E-state index contributed by atoms with van der Waals surface area (Å²) < 4.78 is 21.8. The molecule has 28 heavy (non-hydrogen) atoms. The standard InChI is InChI=1S/C20H19N3O5/c1-25-15-4-2-3-13(11-15)20-23-22-19(28-20)8-7-18(24)21-14-5-6-16-17(12-14)27-10-9-26-16/h2-6,11-12H,7-10H2,1H3,(H,21,24). The molecule has 8 nitrogen and oxygen atoms in total. The van der Waals surface area contributed by atoms with Crippen molar-refractivity contribution in [3.8, 4) is 28.7 Å². The molecule has 144 valence electrons. The lowest BCUT2D eigenvalue weighted by Gasteiger charge is -2.18. The number of anilines is 1. The Labute approximate surface area is 161 Å². The molecule has 1 amide bonds. The number of ether oxygens (including phenoxy) is 3. The molecular weight excluding hydrogens is 362 g/mol. The van der Waals surface area contributed by atoms with Crippen LogP contribution in [-0.2, 0) is 11.2 Å². The largest absolute Gasteiger partial charge is 0.497 e. The number of amides is 1. The van der Waals surface area contributed by atoms with Crippen molar-refractivity contribution in [2.24, 2.45) is 0 Å². The van der Waals surface area contributed by atoms with Crippen molar-refractivity contribution in [2.75, 3.05) is 25.6 Å². The van der Waals surface area contributed by atoms with Gasteiger partial charge in [-0.15, -0.1) is 10.2 Å². The highest BCUT2D eigenvalue weighted by Gasteiger charge is 2.14. The van der Waals surface area contributed by atoms with Crippen LogP contribution in [0.15, 0.2) is 46.9 Å². The molecule has 1 aliphatic rings. The van der Waals surface area contributed by atoms with Crippen molar-refractivity contribution in [1.29, 1.82) is 0 Å². The number of carbonyl (C=O) groups is 1. The second-order valence-electron chi connectivity index (χ2n) is 6.14. The molecule has 8 heteroatoms. The fraction of sp³-hybridized carbons (Fsp3) is 0.250. The first-order chi connectivity index (χ1) is 13.7. The number of benzene rings is 2. The minimum atomic E-state index is -0.155. The van der Waals surface area contributed by atoms with Gasteiger partial charge < -0.3 is 23.9 Å². The summed E-state index contributed by atoms with van der Waals surface area (Å²) in [5, 5.41) is 10.9. The Morgan fingerprint density at radius 1 is 1.11 bits per heavy atom. The van der Waals surface area contributed by atoms with E-state index >= 15 is 0 Å². The summed E-state index contributed by atoms with van der Waals surface area (Å²) in [6, 6.07) is 12.7. The van der Waals surface area contributed by atoms with E-state index < -0.39 is 0 Å². The molecule has 4 rings (SSSR count). The molecule has 0 aliphatic carbocycles. The summed E-state index contributed by atoms with van der Waals surface area (Å²) in [6.07, 6.45) is 0.557. The van der Waals surface area contributed by atoms with E-state index in [1.807, 2.05) is 24.3 Å². The van der Waals surface area contributed by atoms with Gasteiger partial charge in [0, 0.05) is 30.2 Å². The maximum atomic E-state index is 12.2. The number of methoxy groups -OCH3 is 1. The number of nitrogens with one attached hydrogen (secondary N) is 1. The van der Waals surface area contributed by atoms with E-state index in [9.17, 15) is 4.79 Å². The molecule has 3 aromatic rings. The lowest BCUT2D eigenvalue weighted by atomic mass is 10.2. The molecule has 2 aromatic carbocycles. The van der Waals surface area contributed by atoms with Gasteiger partial charge in [0.1, 0.15) is 19.0 Å². The average molecular weight is 381 g/mol. The van der Waals surface area contributed by atoms with Gasteiger partial charge in [-0.05, 0) is 30.3 Å². The number of carbonyl (C=O) groups excluding carboxylic acids is 1. The fourth-order valence-corrected chi connectivity index (χ4v) is 2.79. The monoisotopic (exact) mass is 381 g/mol. The van der Waals surface area contributed by atoms with Crippen LogP contribution < -0.4 is 19.5 Å². The van der Waals surface area contributed by atoms with Crippen LogP contribution in [0.2, 0.25) is 0 Å². The van der Waals surface area contributed by atoms with Crippen molar-refractivity contribution in [2.45, 2.75) is 12.8 Å². The van der Waals surface area contributed by atoms with Crippen molar-refractivity contribution < 1.29 is 23.4 Å². The van der Waals surface area contributed by atoms with Gasteiger partial charge in [0.05, 0.1) is 7.11 Å². The van der Waals surface area contributed by atoms with Gasteiger partial charge in [-0.1, -0.05) is 6.07 Å². The predicted octanol–water partition coefficient (Wildman–Crippen LogP) is 3.09. The summed E-state index contributed by atoms with van der Waals surface area (Å²) in [5.74, 6) is 2.65. The molecule has 1 N–H and O–H groups in total. The molecule has 0 fully saturated rings. The molecule has 0 atom stereocenters. The number of aromatic nitrogens is 2. The average Bonchev–Trinajstić information content (AvgIpc) is 3.21. The molecule has 1 aliphatic heterocycles. The van der Waals surface area contributed by atoms with Gasteiger partial charge in [0.25, 0.3) is 0 Å². The molecule has 0 radical (unpaired) electrons. The Morgan fingerprint density at radius 3 is 2.82 bits per heavy atom. The zero-order valence-corrected chi connectivity index (χ0v) is 15.3. The van der Waals surface area contributed by atoms with E-state index in [0.29, 0.717) is 54.4 Å². The highest BCUT2D eigenvalue weighted by Crippen LogP contribution is 2.32. The molecule has 0 unspecified atom stereocenters. The first-order valence-corrected chi connectivity index (χ1v) is 8.87. The van der Waals surface area contributed by atoms with Crippen LogP contribution in [0.3, 0.4) is 0 Å². The minimum Gasteiger partial charge on any atom is -0.497 e. The maximum Gasteiger partial charge on any atom is 0.247 e. The number of rotatable bonds is 6. The van der Waals surface area contributed by atoms with Gasteiger partial charge >= 0.3 is 0 Å². The molecule has 1 aromatic heterocycles. The second kappa shape index (κ2) is 7.99. The van der Waals surface area contributed by atoms with Crippen molar-refractivity contribution in [3.63, 3.8) is 0 Å². The topological polar surface area (TPSA) is 95.7 Å². The Hall–Kier alpha value is -3.55. The van der Waals surface area contributed by atoms with Crippen LogP contribution in [0.4, 0.5) is 5.69 Å². The smallest absolute Gasteiger partial charge is 0.247 e. The lowest BCUT2D eigenvalue weighted by molar-refractivity contribution is -0.116. The molecule has 0 saturated carbocycles. The fourth-order valence-electron chi connectivity index (χ4n) is 2.79. The van der Waals surface area contributed by atoms with E-state index in [-0.39, 0.29) is 12.3 Å². The summed E-state index contributed by atoms with van der Waals surface area (Å²) in [5.41, 5.74) is 1.41. The van der Waals surface area contributed by atoms with E-state index in [1.165, 1.54) is 0 Å². The number of nitrogens with zero attached hydrogens (tertiary/aromatic N) is 2. The summed E-state index contributed by atoms with van der Waals surface area (Å²) in [4.78, 5) is 12.2. The van der Waals surface area contributed by atoms with Gasteiger partial charge in [-0.25, -0.2) is 0 Å². The third-order valence-electron chi connectivity index (χ3n) is 4.18. The van der Waals surface area contributed by atoms with Crippen LogP contribution in [0.5, 0.6) is 17.2 Å². The molecule has 0 bridgehead atoms. The first-order valence-electron chi connectivity index (χ1n) is 8.87. The molecule has 0 saturated heterocycles. The van der Waals surface area contributed by atoms with Crippen LogP contribution in [-0.4, -0.2) is 36.4 Å². The lowest BCUT2D eigenvalue weighted by Crippen LogP contribution is -2.16. The zero-order chi connectivity index (χ0) is 19.3. The molecule has 2 heterocycles. The zero-order valence-electron chi connectivity index (χ0n) is 15.3. The SMILES string of the molecule is COc1cccc(-c2nnc(CCC(=O)Nc3ccc4c(c3)OCCO4)o2)c1. The third kappa shape index (κ3) is 4.06. The highest BCUT2D eigenvalue weighted by molar-refractivity contribution is 5.91. The van der Waals surface area contributed by atoms with E-state index in [4.69, 9.17) is 18.6 Å². The van der Waals surface area contributed by atoms with Crippen LogP contribution in [0.1, 0.15) is 12.3 Å². The van der Waals surface area contributed by atoms with Crippen molar-refractivity contribution in [1.82, 2.24) is 10.2 Å². The van der Waals surface area contributed by atoms with E-state index in [1.54, 1.807) is 25.3 Å². The van der Waals surface area contributed by atoms with Gasteiger partial charge in [0.2, 0.25) is 17.7 Å². The van der Waals surface area contributed by atoms with Crippen molar-refractivity contribution >= 4 is 11.6 Å². The quantitative estimate of drug-likeness (QED) is 0.701. The Bertz CT molecular complexity index is 985. The summed E-state index contributed by atoms with van der Waals surface area (Å²) in [6.45, 7) is 1.03. The van der Waals surface area contributed by atoms with E-state index in [0.717, 1.165) is 5.56 Å². The second-order valence-corrected chi connectivity index (χ2v) is 6.14. The van der Waals surface area contributed by atoms with E-state index in [2.05, 4.69) is 15.5 Å². The van der Waals surface area contributed by atoms with Gasteiger partial charge in [0.15, 0.2) is 11.5 Å². The number of hydrogen-bond acceptors (Lipinski definition) is 7. The summed E-state index contributed by atoms with van der Waals surface area (Å²) in [7, 11) is 1.60. The van der Waals surface area contributed by atoms with Gasteiger partial charge in [-0.3, -0.25) is 4.79 Å². The van der Waals surface area contributed by atoms with Crippen molar-refractivity contribution in [3.05, 3.63) is 48.4 Å². The van der Waals surface area contributed by atoms with Crippen LogP contribution in [0, 0.1) is 0 Å². The minimum absolute atomic E-state index is 0.155. The van der Waals surface area contributed by atoms with Crippen LogP contribution >= 0.6 is 0 Å². The number of hydrogen-bond donors (Lipinski definition) is 1.